The van der Waals surface area contributed by atoms with Gasteiger partial charge in [-0.05, 0) is 39.3 Å². The van der Waals surface area contributed by atoms with Crippen molar-refractivity contribution in [3.8, 4) is 0 Å². The van der Waals surface area contributed by atoms with Gasteiger partial charge in [-0.3, -0.25) is 10.1 Å². The SMILES string of the molecule is Cc1c2n(c3c(Cl)c(Cl)cc(NC(=O)OC(C)(C)C)c13)CCN(C=O)C2. The number of benzene rings is 1. The third-order valence-corrected chi connectivity index (χ3v) is 5.12. The summed E-state index contributed by atoms with van der Waals surface area (Å²) < 4.78 is 7.42. The van der Waals surface area contributed by atoms with Gasteiger partial charge in [-0.15, -0.1) is 0 Å². The molecule has 0 aliphatic carbocycles. The van der Waals surface area contributed by atoms with E-state index in [1.165, 1.54) is 0 Å². The van der Waals surface area contributed by atoms with Gasteiger partial charge in [0.2, 0.25) is 6.41 Å². The Balaban J connectivity index is 2.13. The highest BCUT2D eigenvalue weighted by Gasteiger charge is 2.26. The van der Waals surface area contributed by atoms with Gasteiger partial charge in [-0.25, -0.2) is 4.79 Å². The van der Waals surface area contributed by atoms with Crippen molar-refractivity contribution in [2.45, 2.75) is 46.4 Å². The Morgan fingerprint density at radius 3 is 2.62 bits per heavy atom. The van der Waals surface area contributed by atoms with Crippen molar-refractivity contribution < 1.29 is 14.3 Å². The summed E-state index contributed by atoms with van der Waals surface area (Å²) in [4.78, 5) is 25.1. The molecule has 3 rings (SSSR count). The average molecular weight is 398 g/mol. The fraction of sp³-hybridized carbons (Fsp3) is 0.444. The van der Waals surface area contributed by atoms with Crippen molar-refractivity contribution in [2.75, 3.05) is 11.9 Å². The number of nitrogens with zero attached hydrogens (tertiary/aromatic N) is 2. The summed E-state index contributed by atoms with van der Waals surface area (Å²) in [6, 6.07) is 1.63. The van der Waals surface area contributed by atoms with Crippen molar-refractivity contribution in [1.29, 1.82) is 0 Å². The molecule has 0 saturated heterocycles. The maximum absolute atomic E-state index is 12.3. The maximum Gasteiger partial charge on any atom is 0.412 e. The van der Waals surface area contributed by atoms with E-state index < -0.39 is 11.7 Å². The molecule has 1 aromatic heterocycles. The number of carbonyl (C=O) groups excluding carboxylic acids is 2. The predicted molar refractivity (Wildman–Crippen MR) is 103 cm³/mol. The van der Waals surface area contributed by atoms with E-state index in [1.54, 1.807) is 31.7 Å². The number of fused-ring (bicyclic) bond motifs is 3. The molecule has 2 amide bonds. The topological polar surface area (TPSA) is 63.6 Å². The number of amides is 2. The van der Waals surface area contributed by atoms with Crippen molar-refractivity contribution >= 4 is 52.3 Å². The first-order valence-electron chi connectivity index (χ1n) is 8.31. The van der Waals surface area contributed by atoms with Crippen LogP contribution in [0.15, 0.2) is 6.07 Å². The number of nitrogens with one attached hydrogen (secondary N) is 1. The normalized spacial score (nSPS) is 14.3. The number of rotatable bonds is 2. The van der Waals surface area contributed by atoms with Crippen LogP contribution < -0.4 is 5.32 Å². The quantitative estimate of drug-likeness (QED) is 0.754. The number of aryl methyl sites for hydroxylation is 1. The summed E-state index contributed by atoms with van der Waals surface area (Å²) >= 11 is 12.8. The monoisotopic (exact) mass is 397 g/mol. The maximum atomic E-state index is 12.3. The number of hydrogen-bond acceptors (Lipinski definition) is 3. The Labute approximate surface area is 162 Å². The summed E-state index contributed by atoms with van der Waals surface area (Å²) in [6.45, 7) is 9.05. The van der Waals surface area contributed by atoms with Crippen LogP contribution in [0.1, 0.15) is 32.0 Å². The average Bonchev–Trinajstić information content (AvgIpc) is 2.83. The fourth-order valence-corrected chi connectivity index (χ4v) is 3.73. The highest BCUT2D eigenvalue weighted by atomic mass is 35.5. The lowest BCUT2D eigenvalue weighted by molar-refractivity contribution is -0.119. The van der Waals surface area contributed by atoms with E-state index in [9.17, 15) is 9.59 Å². The molecule has 6 nitrogen and oxygen atoms in total. The van der Waals surface area contributed by atoms with E-state index in [0.717, 1.165) is 28.6 Å². The third kappa shape index (κ3) is 3.35. The summed E-state index contributed by atoms with van der Waals surface area (Å²) in [5, 5.41) is 4.38. The zero-order chi connectivity index (χ0) is 19.2. The fourth-order valence-electron chi connectivity index (χ4n) is 3.28. The van der Waals surface area contributed by atoms with E-state index >= 15 is 0 Å². The number of ether oxygens (including phenoxy) is 1. The summed E-state index contributed by atoms with van der Waals surface area (Å²) in [6.07, 6.45) is 0.282. The van der Waals surface area contributed by atoms with Crippen LogP contribution in [0.5, 0.6) is 0 Å². The zero-order valence-corrected chi connectivity index (χ0v) is 16.7. The number of aromatic nitrogens is 1. The summed E-state index contributed by atoms with van der Waals surface area (Å²) in [5.41, 5.74) is 2.63. The Morgan fingerprint density at radius 1 is 1.31 bits per heavy atom. The molecule has 1 aromatic carbocycles. The Kier molecular flexibility index (Phi) is 4.84. The van der Waals surface area contributed by atoms with Crippen LogP contribution in [0.3, 0.4) is 0 Å². The van der Waals surface area contributed by atoms with Crippen LogP contribution in [0.2, 0.25) is 10.0 Å². The highest BCUT2D eigenvalue weighted by Crippen LogP contribution is 2.41. The van der Waals surface area contributed by atoms with Crippen molar-refractivity contribution in [2.24, 2.45) is 0 Å². The molecule has 2 aromatic rings. The Bertz CT molecular complexity index is 900. The Hall–Kier alpha value is -1.92. The lowest BCUT2D eigenvalue weighted by Crippen LogP contribution is -2.32. The van der Waals surface area contributed by atoms with Crippen LogP contribution in [0, 0.1) is 6.92 Å². The first kappa shape index (κ1) is 18.9. The van der Waals surface area contributed by atoms with Crippen molar-refractivity contribution in [3.63, 3.8) is 0 Å². The second-order valence-electron chi connectivity index (χ2n) is 7.37. The van der Waals surface area contributed by atoms with Crippen LogP contribution in [0.4, 0.5) is 10.5 Å². The molecule has 0 fully saturated rings. The molecule has 1 aliphatic heterocycles. The number of anilines is 1. The number of carbonyl (C=O) groups is 2. The van der Waals surface area contributed by atoms with Gasteiger partial charge in [0.05, 0.1) is 27.8 Å². The van der Waals surface area contributed by atoms with Gasteiger partial charge in [0, 0.05) is 24.2 Å². The summed E-state index contributed by atoms with van der Waals surface area (Å²) in [5.74, 6) is 0. The molecule has 0 saturated carbocycles. The zero-order valence-electron chi connectivity index (χ0n) is 15.2. The standard InChI is InChI=1S/C18H21Cl2N3O3/c1-10-13-8-22(9-24)5-6-23(13)16-14(10)12(7-11(19)15(16)20)21-17(25)26-18(2,3)4/h7,9H,5-6,8H2,1-4H3,(H,21,25). The van der Waals surface area contributed by atoms with E-state index in [2.05, 4.69) is 9.88 Å². The molecule has 0 bridgehead atoms. The van der Waals surface area contributed by atoms with Crippen molar-refractivity contribution in [1.82, 2.24) is 9.47 Å². The highest BCUT2D eigenvalue weighted by molar-refractivity contribution is 6.45. The lowest BCUT2D eigenvalue weighted by Gasteiger charge is -2.26. The molecule has 1 N–H and O–H groups in total. The predicted octanol–water partition coefficient (Wildman–Crippen LogP) is 4.58. The minimum Gasteiger partial charge on any atom is -0.444 e. The molecule has 8 heteroatoms. The summed E-state index contributed by atoms with van der Waals surface area (Å²) in [7, 11) is 0. The van der Waals surface area contributed by atoms with Crippen LogP contribution in [-0.4, -0.2) is 34.1 Å². The molecule has 0 unspecified atom stereocenters. The molecule has 0 spiro atoms. The van der Waals surface area contributed by atoms with Gasteiger partial charge in [0.15, 0.2) is 0 Å². The number of halogens is 2. The smallest absolute Gasteiger partial charge is 0.412 e. The molecule has 1 aliphatic rings. The first-order valence-corrected chi connectivity index (χ1v) is 9.07. The minimum absolute atomic E-state index is 0.350. The van der Waals surface area contributed by atoms with Gasteiger partial charge in [0.25, 0.3) is 0 Å². The van der Waals surface area contributed by atoms with Gasteiger partial charge in [0.1, 0.15) is 5.60 Å². The van der Waals surface area contributed by atoms with E-state index in [4.69, 9.17) is 27.9 Å². The largest absolute Gasteiger partial charge is 0.444 e. The third-order valence-electron chi connectivity index (χ3n) is 4.35. The van der Waals surface area contributed by atoms with E-state index in [-0.39, 0.29) is 0 Å². The van der Waals surface area contributed by atoms with Gasteiger partial charge < -0.3 is 14.2 Å². The molecule has 26 heavy (non-hydrogen) atoms. The number of hydrogen-bond donors (Lipinski definition) is 1. The Morgan fingerprint density at radius 2 is 2.00 bits per heavy atom. The van der Waals surface area contributed by atoms with Crippen LogP contribution in [-0.2, 0) is 22.6 Å². The van der Waals surface area contributed by atoms with Gasteiger partial charge in [-0.2, -0.15) is 0 Å². The molecule has 140 valence electrons. The lowest BCUT2D eigenvalue weighted by atomic mass is 10.1. The first-order chi connectivity index (χ1) is 12.1. The minimum atomic E-state index is -0.612. The molecule has 2 heterocycles. The van der Waals surface area contributed by atoms with E-state index in [0.29, 0.717) is 35.4 Å². The van der Waals surface area contributed by atoms with Crippen LogP contribution >= 0.6 is 23.2 Å². The van der Waals surface area contributed by atoms with Crippen molar-refractivity contribution in [3.05, 3.63) is 27.4 Å². The second kappa shape index (κ2) is 6.67. The molecular weight excluding hydrogens is 377 g/mol. The molecule has 0 atom stereocenters. The van der Waals surface area contributed by atoms with E-state index in [1.807, 2.05) is 6.92 Å². The molecular formula is C18H21Cl2N3O3. The van der Waals surface area contributed by atoms with Gasteiger partial charge in [-0.1, -0.05) is 23.2 Å². The van der Waals surface area contributed by atoms with Gasteiger partial charge >= 0.3 is 6.09 Å². The second-order valence-corrected chi connectivity index (χ2v) is 8.15. The van der Waals surface area contributed by atoms with Crippen LogP contribution in [0.25, 0.3) is 10.9 Å². The molecule has 0 radical (unpaired) electrons.